The van der Waals surface area contributed by atoms with Crippen LogP contribution in [-0.4, -0.2) is 34.1 Å². The van der Waals surface area contributed by atoms with Gasteiger partial charge in [0.2, 0.25) is 6.10 Å². The molecule has 0 aliphatic carbocycles. The van der Waals surface area contributed by atoms with Gasteiger partial charge < -0.3 is 14.0 Å². The van der Waals surface area contributed by atoms with Gasteiger partial charge in [-0.3, -0.25) is 30.2 Å². The van der Waals surface area contributed by atoms with Crippen LogP contribution in [0.3, 0.4) is 0 Å². The summed E-state index contributed by atoms with van der Waals surface area (Å²) in [6.45, 7) is -0.0286. The first-order valence-electron chi connectivity index (χ1n) is 7.24. The van der Waals surface area contributed by atoms with Crippen LogP contribution in [0.4, 0.5) is 0 Å². The summed E-state index contributed by atoms with van der Waals surface area (Å²) in [5, 5.41) is 0. The zero-order chi connectivity index (χ0) is 18.0. The van der Waals surface area contributed by atoms with Crippen molar-refractivity contribution in [3.63, 3.8) is 0 Å². The van der Waals surface area contributed by atoms with Crippen LogP contribution >= 0.6 is 0 Å². The van der Waals surface area contributed by atoms with E-state index in [1.807, 2.05) is 4.98 Å². The maximum atomic E-state index is 12.1. The Kier molecular flexibility index (Phi) is 4.25. The molecule has 1 aliphatic rings. The monoisotopic (exact) mass is 346 g/mol. The smallest absolute Gasteiger partial charge is 0.328 e. The number of hydrogen-bond acceptors (Lipinski definition) is 6. The van der Waals surface area contributed by atoms with Crippen molar-refractivity contribution in [2.24, 2.45) is 7.05 Å². The maximum Gasteiger partial charge on any atom is 0.328 e. The summed E-state index contributed by atoms with van der Waals surface area (Å²) in [7, 11) is 1.37. The molecule has 2 aromatic rings. The van der Waals surface area contributed by atoms with Gasteiger partial charge in [-0.05, 0) is 12.1 Å². The molecule has 0 bridgehead atoms. The standard InChI is InChI=1S/C15H14N4O6/c1-19-6-8(12(20)16-15(19)23)13(21)17-18-14(22)11-7-24-9-4-2-3-5-10(9)25-11/h2-6,11H,7H2,1H3,(H,17,21)(H,18,22)(H,16,20,23)/t11-/m0/s1. The van der Waals surface area contributed by atoms with Crippen LogP contribution in [-0.2, 0) is 11.8 Å². The van der Waals surface area contributed by atoms with Crippen molar-refractivity contribution in [1.29, 1.82) is 0 Å². The van der Waals surface area contributed by atoms with Crippen LogP contribution in [0.15, 0.2) is 40.1 Å². The Morgan fingerprint density at radius 3 is 2.68 bits per heavy atom. The Balaban J connectivity index is 1.63. The molecule has 0 radical (unpaired) electrons. The third-order valence-corrected chi connectivity index (χ3v) is 3.45. The summed E-state index contributed by atoms with van der Waals surface area (Å²) in [5.41, 5.74) is 2.42. The summed E-state index contributed by atoms with van der Waals surface area (Å²) in [5.74, 6) is -0.589. The van der Waals surface area contributed by atoms with Crippen molar-refractivity contribution in [1.82, 2.24) is 20.4 Å². The number of benzene rings is 1. The number of carbonyl (C=O) groups excluding carboxylic acids is 2. The molecular formula is C15H14N4O6. The van der Waals surface area contributed by atoms with E-state index in [1.165, 1.54) is 7.05 Å². The third kappa shape index (κ3) is 3.37. The average molecular weight is 346 g/mol. The first-order chi connectivity index (χ1) is 12.0. The van der Waals surface area contributed by atoms with Crippen LogP contribution in [0.5, 0.6) is 11.5 Å². The van der Waals surface area contributed by atoms with Crippen molar-refractivity contribution in [3.05, 3.63) is 56.9 Å². The molecule has 3 rings (SSSR count). The fourth-order valence-electron chi connectivity index (χ4n) is 2.14. The van der Waals surface area contributed by atoms with Crippen molar-refractivity contribution in [2.75, 3.05) is 6.61 Å². The average Bonchev–Trinajstić information content (AvgIpc) is 2.62. The molecule has 1 atom stereocenters. The number of nitrogens with one attached hydrogen (secondary N) is 3. The molecule has 3 N–H and O–H groups in total. The highest BCUT2D eigenvalue weighted by Gasteiger charge is 2.27. The third-order valence-electron chi connectivity index (χ3n) is 3.45. The van der Waals surface area contributed by atoms with Crippen LogP contribution in [0.2, 0.25) is 0 Å². The molecule has 0 saturated heterocycles. The Morgan fingerprint density at radius 2 is 1.92 bits per heavy atom. The minimum Gasteiger partial charge on any atom is -0.485 e. The first-order valence-corrected chi connectivity index (χ1v) is 7.24. The zero-order valence-corrected chi connectivity index (χ0v) is 13.1. The van der Waals surface area contributed by atoms with E-state index in [0.717, 1.165) is 10.8 Å². The number of aryl methyl sites for hydroxylation is 1. The molecule has 0 unspecified atom stereocenters. The minimum absolute atomic E-state index is 0.0286. The summed E-state index contributed by atoms with van der Waals surface area (Å²) < 4.78 is 11.9. The van der Waals surface area contributed by atoms with E-state index in [4.69, 9.17) is 9.47 Å². The van der Waals surface area contributed by atoms with Crippen LogP contribution in [0, 0.1) is 0 Å². The summed E-state index contributed by atoms with van der Waals surface area (Å²) in [4.78, 5) is 48.9. The van der Waals surface area contributed by atoms with Gasteiger partial charge in [0, 0.05) is 13.2 Å². The van der Waals surface area contributed by atoms with Crippen LogP contribution < -0.4 is 31.6 Å². The largest absolute Gasteiger partial charge is 0.485 e. The zero-order valence-electron chi connectivity index (χ0n) is 13.1. The number of rotatable bonds is 2. The van der Waals surface area contributed by atoms with E-state index >= 15 is 0 Å². The molecule has 0 saturated carbocycles. The van der Waals surface area contributed by atoms with Gasteiger partial charge in [0.1, 0.15) is 12.2 Å². The highest BCUT2D eigenvalue weighted by molar-refractivity contribution is 5.95. The highest BCUT2D eigenvalue weighted by Crippen LogP contribution is 2.30. The van der Waals surface area contributed by atoms with E-state index < -0.39 is 29.2 Å². The summed E-state index contributed by atoms with van der Waals surface area (Å²) in [6.07, 6.45) is 0.104. The Labute approximate surface area is 140 Å². The van der Waals surface area contributed by atoms with E-state index in [0.29, 0.717) is 11.5 Å². The molecule has 25 heavy (non-hydrogen) atoms. The lowest BCUT2D eigenvalue weighted by Crippen LogP contribution is -2.51. The van der Waals surface area contributed by atoms with Gasteiger partial charge in [0.25, 0.3) is 17.4 Å². The van der Waals surface area contributed by atoms with Gasteiger partial charge in [-0.25, -0.2) is 4.79 Å². The van der Waals surface area contributed by atoms with Gasteiger partial charge in [-0.2, -0.15) is 0 Å². The Bertz CT molecular complexity index is 948. The number of aromatic amines is 1. The number of hydrogen-bond donors (Lipinski definition) is 3. The van der Waals surface area contributed by atoms with E-state index in [1.54, 1.807) is 24.3 Å². The normalized spacial score (nSPS) is 15.3. The topological polar surface area (TPSA) is 132 Å². The lowest BCUT2D eigenvalue weighted by molar-refractivity contribution is -0.131. The maximum absolute atomic E-state index is 12.1. The fourth-order valence-corrected chi connectivity index (χ4v) is 2.14. The first kappa shape index (κ1) is 16.3. The predicted octanol–water partition coefficient (Wildman–Crippen LogP) is -1.33. The summed E-state index contributed by atoms with van der Waals surface area (Å²) >= 11 is 0. The summed E-state index contributed by atoms with van der Waals surface area (Å²) in [6, 6.07) is 6.86. The molecule has 10 heteroatoms. The number of aromatic nitrogens is 2. The number of ether oxygens (including phenoxy) is 2. The highest BCUT2D eigenvalue weighted by atomic mass is 16.6. The quantitative estimate of drug-likeness (QED) is 0.578. The predicted molar refractivity (Wildman–Crippen MR) is 84.3 cm³/mol. The molecule has 1 aromatic heterocycles. The number of nitrogens with zero attached hydrogens (tertiary/aromatic N) is 1. The van der Waals surface area contributed by atoms with Gasteiger partial charge in [-0.15, -0.1) is 0 Å². The molecule has 2 amide bonds. The van der Waals surface area contributed by atoms with Crippen LogP contribution in [0.25, 0.3) is 0 Å². The van der Waals surface area contributed by atoms with Gasteiger partial charge >= 0.3 is 5.69 Å². The van der Waals surface area contributed by atoms with Crippen molar-refractivity contribution in [2.45, 2.75) is 6.10 Å². The molecule has 130 valence electrons. The van der Waals surface area contributed by atoms with Gasteiger partial charge in [0.05, 0.1) is 0 Å². The van der Waals surface area contributed by atoms with Crippen molar-refractivity contribution in [3.8, 4) is 11.5 Å². The SMILES string of the molecule is Cn1cc(C(=O)NNC(=O)[C@@H]2COc3ccccc3O2)c(=O)[nH]c1=O. The van der Waals surface area contributed by atoms with Crippen LogP contribution in [0.1, 0.15) is 10.4 Å². The number of H-pyrrole nitrogens is 1. The van der Waals surface area contributed by atoms with Gasteiger partial charge in [-0.1, -0.05) is 12.1 Å². The van der Waals surface area contributed by atoms with Crippen molar-refractivity contribution < 1.29 is 19.1 Å². The van der Waals surface area contributed by atoms with Crippen molar-refractivity contribution >= 4 is 11.8 Å². The number of amides is 2. The fraction of sp³-hybridized carbons (Fsp3) is 0.200. The number of fused-ring (bicyclic) bond motifs is 1. The molecule has 2 heterocycles. The second-order valence-corrected chi connectivity index (χ2v) is 5.22. The van der Waals surface area contributed by atoms with E-state index in [9.17, 15) is 19.2 Å². The van der Waals surface area contributed by atoms with E-state index in [2.05, 4.69) is 10.9 Å². The molecule has 1 aromatic carbocycles. The Hall–Kier alpha value is -3.56. The number of para-hydroxylation sites is 2. The molecule has 1 aliphatic heterocycles. The minimum atomic E-state index is -0.964. The molecule has 10 nitrogen and oxygen atoms in total. The lowest BCUT2D eigenvalue weighted by Gasteiger charge is -2.25. The number of carbonyl (C=O) groups is 2. The second-order valence-electron chi connectivity index (χ2n) is 5.22. The molecule has 0 spiro atoms. The molecule has 0 fully saturated rings. The number of hydrazine groups is 1. The second kappa shape index (κ2) is 6.51. The lowest BCUT2D eigenvalue weighted by atomic mass is 10.2. The molecular weight excluding hydrogens is 332 g/mol. The van der Waals surface area contributed by atoms with E-state index in [-0.39, 0.29) is 12.2 Å². The van der Waals surface area contributed by atoms with Gasteiger partial charge in [0.15, 0.2) is 11.5 Å². The Morgan fingerprint density at radius 1 is 1.20 bits per heavy atom.